The molecule has 0 aromatic heterocycles. The van der Waals surface area contributed by atoms with Crippen LogP contribution in [0.25, 0.3) is 0 Å². The van der Waals surface area contributed by atoms with Gasteiger partial charge in [0.25, 0.3) is 5.91 Å². The van der Waals surface area contributed by atoms with Gasteiger partial charge in [0.05, 0.1) is 12.6 Å². The fourth-order valence-corrected chi connectivity index (χ4v) is 2.69. The van der Waals surface area contributed by atoms with Crippen LogP contribution in [0.1, 0.15) is 33.9 Å². The van der Waals surface area contributed by atoms with Crippen LogP contribution in [0.4, 0.5) is 0 Å². The summed E-state index contributed by atoms with van der Waals surface area (Å²) in [5.41, 5.74) is 2.61. The summed E-state index contributed by atoms with van der Waals surface area (Å²) < 4.78 is 5.12. The molecule has 0 saturated heterocycles. The van der Waals surface area contributed by atoms with Crippen LogP contribution in [0.3, 0.4) is 0 Å². The molecule has 1 unspecified atom stereocenters. The minimum atomic E-state index is -0.153. The first kappa shape index (κ1) is 17.2. The molecule has 0 heterocycles. The van der Waals surface area contributed by atoms with E-state index in [0.29, 0.717) is 18.6 Å². The van der Waals surface area contributed by atoms with E-state index in [-0.39, 0.29) is 18.6 Å². The Morgan fingerprint density at radius 2 is 1.91 bits per heavy atom. The highest BCUT2D eigenvalue weighted by Crippen LogP contribution is 2.24. The number of aliphatic hydroxyl groups is 1. The molecule has 0 saturated carbocycles. The number of hydrogen-bond acceptors (Lipinski definition) is 3. The largest absolute Gasteiger partial charge is 0.396 e. The summed E-state index contributed by atoms with van der Waals surface area (Å²) in [5.74, 6) is -0.0646. The summed E-state index contributed by atoms with van der Waals surface area (Å²) in [6.45, 7) is 0.504. The highest BCUT2D eigenvalue weighted by molar-refractivity contribution is 5.94. The summed E-state index contributed by atoms with van der Waals surface area (Å²) >= 11 is 0. The number of carbonyl (C=O) groups is 1. The lowest BCUT2D eigenvalue weighted by Crippen LogP contribution is -2.32. The molecule has 1 N–H and O–H groups in total. The average molecular weight is 313 g/mol. The Labute approximate surface area is 137 Å². The van der Waals surface area contributed by atoms with Crippen LogP contribution in [0.15, 0.2) is 54.6 Å². The number of nitrogens with zero attached hydrogens (tertiary/aromatic N) is 1. The number of hydrogen-bond donors (Lipinski definition) is 1. The summed E-state index contributed by atoms with van der Waals surface area (Å²) in [6.07, 6.45) is 0.504. The first-order valence-electron chi connectivity index (χ1n) is 7.68. The number of benzene rings is 2. The molecule has 122 valence electrons. The van der Waals surface area contributed by atoms with E-state index in [0.717, 1.165) is 11.1 Å². The zero-order valence-corrected chi connectivity index (χ0v) is 13.6. The maximum atomic E-state index is 12.8. The van der Waals surface area contributed by atoms with Crippen LogP contribution < -0.4 is 0 Å². The van der Waals surface area contributed by atoms with Gasteiger partial charge in [-0.05, 0) is 29.7 Å². The van der Waals surface area contributed by atoms with Crippen molar-refractivity contribution in [2.24, 2.45) is 0 Å². The van der Waals surface area contributed by atoms with Crippen molar-refractivity contribution in [2.75, 3.05) is 20.8 Å². The van der Waals surface area contributed by atoms with Crippen molar-refractivity contribution in [1.82, 2.24) is 4.90 Å². The number of carbonyl (C=O) groups excluding carboxylic acids is 1. The first-order chi connectivity index (χ1) is 11.2. The molecule has 1 amide bonds. The minimum Gasteiger partial charge on any atom is -0.396 e. The van der Waals surface area contributed by atoms with Gasteiger partial charge >= 0.3 is 0 Å². The molecular formula is C19H23NO3. The Balaban J connectivity index is 2.23. The molecule has 4 nitrogen and oxygen atoms in total. The van der Waals surface area contributed by atoms with Crippen LogP contribution in [0.2, 0.25) is 0 Å². The lowest BCUT2D eigenvalue weighted by atomic mass is 10.0. The third-order valence-corrected chi connectivity index (χ3v) is 3.86. The number of aliphatic hydroxyl groups excluding tert-OH is 1. The molecule has 0 fully saturated rings. The van der Waals surface area contributed by atoms with Crippen molar-refractivity contribution in [3.8, 4) is 0 Å². The number of amides is 1. The van der Waals surface area contributed by atoms with Gasteiger partial charge in [-0.25, -0.2) is 0 Å². The molecule has 1 atom stereocenters. The van der Waals surface area contributed by atoms with E-state index in [2.05, 4.69) is 0 Å². The van der Waals surface area contributed by atoms with Crippen LogP contribution in [-0.2, 0) is 11.3 Å². The normalized spacial score (nSPS) is 12.0. The van der Waals surface area contributed by atoms with Crippen molar-refractivity contribution in [3.05, 3.63) is 71.3 Å². The molecule has 2 aromatic carbocycles. The van der Waals surface area contributed by atoms with Gasteiger partial charge in [-0.15, -0.1) is 0 Å². The summed E-state index contributed by atoms with van der Waals surface area (Å²) in [7, 11) is 3.41. The van der Waals surface area contributed by atoms with Gasteiger partial charge in [0, 0.05) is 26.3 Å². The van der Waals surface area contributed by atoms with Gasteiger partial charge in [0.1, 0.15) is 0 Å². The standard InChI is InChI=1S/C19H23NO3/c1-20(18(11-12-21)16-8-4-3-5-9-16)19(22)17-10-6-7-15(13-17)14-23-2/h3-10,13,18,21H,11-12,14H2,1-2H3. The van der Waals surface area contributed by atoms with Gasteiger partial charge in [0.2, 0.25) is 0 Å². The van der Waals surface area contributed by atoms with Crippen molar-refractivity contribution >= 4 is 5.91 Å². The van der Waals surface area contributed by atoms with E-state index >= 15 is 0 Å². The van der Waals surface area contributed by atoms with E-state index in [9.17, 15) is 9.90 Å². The fourth-order valence-electron chi connectivity index (χ4n) is 2.69. The molecule has 23 heavy (non-hydrogen) atoms. The van der Waals surface area contributed by atoms with Crippen molar-refractivity contribution in [1.29, 1.82) is 0 Å². The van der Waals surface area contributed by atoms with Crippen molar-refractivity contribution in [2.45, 2.75) is 19.1 Å². The van der Waals surface area contributed by atoms with Crippen LogP contribution in [0.5, 0.6) is 0 Å². The zero-order valence-electron chi connectivity index (χ0n) is 13.6. The molecule has 0 aliphatic carbocycles. The quantitative estimate of drug-likeness (QED) is 0.855. The van der Waals surface area contributed by atoms with E-state index in [4.69, 9.17) is 4.74 Å². The topological polar surface area (TPSA) is 49.8 Å². The van der Waals surface area contributed by atoms with Gasteiger partial charge in [-0.1, -0.05) is 42.5 Å². The number of rotatable bonds is 7. The lowest BCUT2D eigenvalue weighted by molar-refractivity contribution is 0.0705. The van der Waals surface area contributed by atoms with Crippen LogP contribution in [0, 0.1) is 0 Å². The average Bonchev–Trinajstić information content (AvgIpc) is 2.60. The molecule has 0 spiro atoms. The molecule has 0 aliphatic heterocycles. The fraction of sp³-hybridized carbons (Fsp3) is 0.316. The Morgan fingerprint density at radius 3 is 2.57 bits per heavy atom. The van der Waals surface area contributed by atoms with Gasteiger partial charge in [-0.3, -0.25) is 4.79 Å². The Bertz CT molecular complexity index is 628. The van der Waals surface area contributed by atoms with Crippen molar-refractivity contribution in [3.63, 3.8) is 0 Å². The first-order valence-corrected chi connectivity index (χ1v) is 7.68. The smallest absolute Gasteiger partial charge is 0.254 e. The predicted octanol–water partition coefficient (Wildman–Crippen LogP) is 3.03. The van der Waals surface area contributed by atoms with E-state index in [1.54, 1.807) is 25.1 Å². The Hall–Kier alpha value is -2.17. The zero-order chi connectivity index (χ0) is 16.7. The number of ether oxygens (including phenoxy) is 1. The number of methoxy groups -OCH3 is 1. The molecule has 0 bridgehead atoms. The summed E-state index contributed by atoms with van der Waals surface area (Å²) in [5, 5.41) is 9.36. The Morgan fingerprint density at radius 1 is 1.17 bits per heavy atom. The third-order valence-electron chi connectivity index (χ3n) is 3.86. The highest BCUT2D eigenvalue weighted by Gasteiger charge is 2.22. The SMILES string of the molecule is COCc1cccc(C(=O)N(C)C(CCO)c2ccccc2)c1. The van der Waals surface area contributed by atoms with Gasteiger partial charge < -0.3 is 14.7 Å². The minimum absolute atomic E-state index is 0.0287. The van der Waals surface area contributed by atoms with Crippen molar-refractivity contribution < 1.29 is 14.6 Å². The Kier molecular flexibility index (Phi) is 6.32. The van der Waals surface area contributed by atoms with Gasteiger partial charge in [0.15, 0.2) is 0 Å². The maximum Gasteiger partial charge on any atom is 0.254 e. The van der Waals surface area contributed by atoms with Crippen LogP contribution in [-0.4, -0.2) is 36.7 Å². The van der Waals surface area contributed by atoms with E-state index in [1.165, 1.54) is 0 Å². The predicted molar refractivity (Wildman–Crippen MR) is 90.1 cm³/mol. The molecule has 0 aliphatic rings. The molecular weight excluding hydrogens is 290 g/mol. The second kappa shape index (κ2) is 8.46. The molecule has 2 rings (SSSR count). The second-order valence-corrected chi connectivity index (χ2v) is 5.49. The van der Waals surface area contributed by atoms with Gasteiger partial charge in [-0.2, -0.15) is 0 Å². The molecule has 2 aromatic rings. The maximum absolute atomic E-state index is 12.8. The summed E-state index contributed by atoms with van der Waals surface area (Å²) in [6, 6.07) is 17.1. The van der Waals surface area contributed by atoms with E-state index < -0.39 is 0 Å². The highest BCUT2D eigenvalue weighted by atomic mass is 16.5. The van der Waals surface area contributed by atoms with E-state index in [1.807, 2.05) is 48.5 Å². The lowest BCUT2D eigenvalue weighted by Gasteiger charge is -2.28. The second-order valence-electron chi connectivity index (χ2n) is 5.49. The third kappa shape index (κ3) is 4.41. The van der Waals surface area contributed by atoms with Crippen LogP contribution >= 0.6 is 0 Å². The summed E-state index contributed by atoms with van der Waals surface area (Å²) in [4.78, 5) is 14.5. The molecule has 0 radical (unpaired) electrons. The monoisotopic (exact) mass is 313 g/mol. The molecule has 4 heteroatoms.